The summed E-state index contributed by atoms with van der Waals surface area (Å²) in [6.45, 7) is 12.8. The van der Waals surface area contributed by atoms with Crippen LogP contribution in [0.4, 0.5) is 4.79 Å². The second-order valence-electron chi connectivity index (χ2n) is 8.49. The molecule has 0 spiro atoms. The van der Waals surface area contributed by atoms with Gasteiger partial charge in [0.25, 0.3) is 0 Å². The molecule has 1 fully saturated rings. The number of hydrogen-bond donors (Lipinski definition) is 2. The number of aliphatic imine (C=N–C) groups is 1. The first-order chi connectivity index (χ1) is 13.1. The first-order valence-corrected chi connectivity index (χ1v) is 10.0. The number of amides is 1. The van der Waals surface area contributed by atoms with Gasteiger partial charge in [0, 0.05) is 51.5 Å². The summed E-state index contributed by atoms with van der Waals surface area (Å²) >= 11 is 0. The van der Waals surface area contributed by atoms with Gasteiger partial charge in [-0.2, -0.15) is 5.10 Å². The Kier molecular flexibility index (Phi) is 7.32. The average Bonchev–Trinajstić information content (AvgIpc) is 2.86. The molecule has 158 valence electrons. The number of piperidine rings is 1. The Balaban J connectivity index is 1.75. The van der Waals surface area contributed by atoms with Crippen LogP contribution in [0.1, 0.15) is 50.6 Å². The van der Waals surface area contributed by atoms with Gasteiger partial charge in [-0.3, -0.25) is 9.67 Å². The first-order valence-electron chi connectivity index (χ1n) is 10.0. The fourth-order valence-corrected chi connectivity index (χ4v) is 3.35. The van der Waals surface area contributed by atoms with Gasteiger partial charge in [0.05, 0.1) is 5.69 Å². The number of nitrogens with zero attached hydrogens (tertiary/aromatic N) is 4. The third-order valence-electron chi connectivity index (χ3n) is 5.14. The molecule has 1 aliphatic rings. The Morgan fingerprint density at radius 3 is 2.39 bits per heavy atom. The molecule has 0 aliphatic carbocycles. The van der Waals surface area contributed by atoms with Gasteiger partial charge in [0.1, 0.15) is 5.60 Å². The predicted molar refractivity (Wildman–Crippen MR) is 111 cm³/mol. The van der Waals surface area contributed by atoms with E-state index in [4.69, 9.17) is 4.74 Å². The van der Waals surface area contributed by atoms with Gasteiger partial charge < -0.3 is 20.3 Å². The normalized spacial score (nSPS) is 16.2. The monoisotopic (exact) mass is 392 g/mol. The standard InChI is InChI=1S/C20H36N6O2/c1-14-17(15(2)25(7)24-14)13-23-18(21-6)22-12-16-8-10-26(11-9-16)19(27)28-20(3,4)5/h16H,8-13H2,1-7H3,(H2,21,22,23). The highest BCUT2D eigenvalue weighted by Gasteiger charge is 2.26. The number of hydrogen-bond acceptors (Lipinski definition) is 4. The van der Waals surface area contributed by atoms with E-state index >= 15 is 0 Å². The minimum absolute atomic E-state index is 0.210. The molecule has 1 aliphatic heterocycles. The maximum atomic E-state index is 12.2. The zero-order chi connectivity index (χ0) is 20.9. The van der Waals surface area contributed by atoms with E-state index in [2.05, 4.69) is 27.6 Å². The van der Waals surface area contributed by atoms with Crippen molar-refractivity contribution in [2.24, 2.45) is 18.0 Å². The lowest BCUT2D eigenvalue weighted by Crippen LogP contribution is -2.45. The van der Waals surface area contributed by atoms with E-state index in [-0.39, 0.29) is 6.09 Å². The molecule has 0 saturated carbocycles. The number of rotatable bonds is 4. The molecular formula is C20H36N6O2. The van der Waals surface area contributed by atoms with Crippen molar-refractivity contribution in [2.45, 2.75) is 59.6 Å². The Labute approximate surface area is 168 Å². The van der Waals surface area contributed by atoms with E-state index in [0.717, 1.165) is 49.8 Å². The quantitative estimate of drug-likeness (QED) is 0.607. The third kappa shape index (κ3) is 6.14. The molecule has 0 aromatic carbocycles. The number of guanidine groups is 1. The summed E-state index contributed by atoms with van der Waals surface area (Å²) in [6, 6.07) is 0. The summed E-state index contributed by atoms with van der Waals surface area (Å²) in [5.41, 5.74) is 2.96. The van der Waals surface area contributed by atoms with E-state index in [1.165, 1.54) is 5.56 Å². The van der Waals surface area contributed by atoms with Gasteiger partial charge in [-0.15, -0.1) is 0 Å². The number of carbonyl (C=O) groups is 1. The zero-order valence-electron chi connectivity index (χ0n) is 18.4. The molecule has 0 atom stereocenters. The largest absolute Gasteiger partial charge is 0.444 e. The highest BCUT2D eigenvalue weighted by Crippen LogP contribution is 2.19. The van der Waals surface area contributed by atoms with E-state index in [9.17, 15) is 4.79 Å². The van der Waals surface area contributed by atoms with Crippen molar-refractivity contribution in [1.29, 1.82) is 0 Å². The lowest BCUT2D eigenvalue weighted by Gasteiger charge is -2.33. The van der Waals surface area contributed by atoms with Crippen LogP contribution in [0.3, 0.4) is 0 Å². The van der Waals surface area contributed by atoms with Crippen LogP contribution in [0, 0.1) is 19.8 Å². The van der Waals surface area contributed by atoms with Crippen molar-refractivity contribution in [2.75, 3.05) is 26.7 Å². The Morgan fingerprint density at radius 1 is 1.25 bits per heavy atom. The van der Waals surface area contributed by atoms with Gasteiger partial charge >= 0.3 is 6.09 Å². The Morgan fingerprint density at radius 2 is 1.89 bits per heavy atom. The van der Waals surface area contributed by atoms with Gasteiger partial charge in [0.15, 0.2) is 5.96 Å². The molecule has 0 bridgehead atoms. The SMILES string of the molecule is CN=C(NCc1c(C)nn(C)c1C)NCC1CCN(C(=O)OC(C)(C)C)CC1. The fourth-order valence-electron chi connectivity index (χ4n) is 3.35. The topological polar surface area (TPSA) is 83.8 Å². The van der Waals surface area contributed by atoms with E-state index in [1.54, 1.807) is 7.05 Å². The van der Waals surface area contributed by atoms with Crippen LogP contribution in [0.15, 0.2) is 4.99 Å². The van der Waals surface area contributed by atoms with Crippen LogP contribution in [0.25, 0.3) is 0 Å². The molecule has 2 heterocycles. The highest BCUT2D eigenvalue weighted by molar-refractivity contribution is 5.79. The van der Waals surface area contributed by atoms with E-state index in [0.29, 0.717) is 12.5 Å². The van der Waals surface area contributed by atoms with Gasteiger partial charge in [-0.05, 0) is 53.4 Å². The van der Waals surface area contributed by atoms with Crippen LogP contribution >= 0.6 is 0 Å². The lowest BCUT2D eigenvalue weighted by atomic mass is 9.97. The number of aromatic nitrogens is 2. The lowest BCUT2D eigenvalue weighted by molar-refractivity contribution is 0.0185. The van der Waals surface area contributed by atoms with Gasteiger partial charge in [-0.1, -0.05) is 0 Å². The first kappa shape index (κ1) is 22.0. The van der Waals surface area contributed by atoms with Crippen molar-refractivity contribution >= 4 is 12.1 Å². The summed E-state index contributed by atoms with van der Waals surface area (Å²) in [5, 5.41) is 11.2. The predicted octanol–water partition coefficient (Wildman–Crippen LogP) is 2.35. The van der Waals surface area contributed by atoms with Crippen molar-refractivity contribution in [1.82, 2.24) is 25.3 Å². The minimum atomic E-state index is -0.446. The number of carbonyl (C=O) groups excluding carboxylic acids is 1. The van der Waals surface area contributed by atoms with Gasteiger partial charge in [-0.25, -0.2) is 4.79 Å². The van der Waals surface area contributed by atoms with Crippen molar-refractivity contribution in [3.8, 4) is 0 Å². The molecule has 0 radical (unpaired) electrons. The fraction of sp³-hybridized carbons (Fsp3) is 0.750. The maximum absolute atomic E-state index is 12.2. The van der Waals surface area contributed by atoms with Crippen LogP contribution in [-0.4, -0.2) is 59.0 Å². The molecule has 2 N–H and O–H groups in total. The molecule has 1 aromatic rings. The average molecular weight is 393 g/mol. The molecule has 0 unspecified atom stereocenters. The van der Waals surface area contributed by atoms with Crippen LogP contribution in [0.2, 0.25) is 0 Å². The highest BCUT2D eigenvalue weighted by atomic mass is 16.6. The number of aryl methyl sites for hydroxylation is 2. The second-order valence-corrected chi connectivity index (χ2v) is 8.49. The molecule has 28 heavy (non-hydrogen) atoms. The summed E-state index contributed by atoms with van der Waals surface area (Å²) in [6.07, 6.45) is 1.72. The molecule has 1 aromatic heterocycles. The minimum Gasteiger partial charge on any atom is -0.444 e. The zero-order valence-corrected chi connectivity index (χ0v) is 18.4. The maximum Gasteiger partial charge on any atom is 0.410 e. The van der Waals surface area contributed by atoms with E-state index in [1.807, 2.05) is 44.3 Å². The summed E-state index contributed by atoms with van der Waals surface area (Å²) < 4.78 is 7.36. The molecule has 8 nitrogen and oxygen atoms in total. The van der Waals surface area contributed by atoms with Crippen LogP contribution in [0.5, 0.6) is 0 Å². The van der Waals surface area contributed by atoms with E-state index < -0.39 is 5.60 Å². The van der Waals surface area contributed by atoms with Crippen LogP contribution in [-0.2, 0) is 18.3 Å². The van der Waals surface area contributed by atoms with Crippen molar-refractivity contribution < 1.29 is 9.53 Å². The summed E-state index contributed by atoms with van der Waals surface area (Å²) in [5.74, 6) is 1.30. The summed E-state index contributed by atoms with van der Waals surface area (Å²) in [4.78, 5) is 18.3. The molecular weight excluding hydrogens is 356 g/mol. The van der Waals surface area contributed by atoms with Gasteiger partial charge in [0.2, 0.25) is 0 Å². The number of likely N-dealkylation sites (tertiary alicyclic amines) is 1. The molecule has 1 saturated heterocycles. The number of ether oxygens (including phenoxy) is 1. The smallest absolute Gasteiger partial charge is 0.410 e. The Bertz CT molecular complexity index is 696. The number of nitrogens with one attached hydrogen (secondary N) is 2. The molecule has 2 rings (SSSR count). The second kappa shape index (κ2) is 9.30. The van der Waals surface area contributed by atoms with Crippen LogP contribution < -0.4 is 10.6 Å². The molecule has 8 heteroatoms. The summed E-state index contributed by atoms with van der Waals surface area (Å²) in [7, 11) is 3.74. The third-order valence-corrected chi connectivity index (χ3v) is 5.14. The Hall–Kier alpha value is -2.25. The van der Waals surface area contributed by atoms with Crippen molar-refractivity contribution in [3.05, 3.63) is 17.0 Å². The molecule has 1 amide bonds. The van der Waals surface area contributed by atoms with Crippen molar-refractivity contribution in [3.63, 3.8) is 0 Å².